The molecule has 0 bridgehead atoms. The third-order valence-electron chi connectivity index (χ3n) is 5.20. The first-order valence-corrected chi connectivity index (χ1v) is 10.3. The molecule has 5 nitrogen and oxygen atoms in total. The predicted octanol–water partition coefficient (Wildman–Crippen LogP) is 2.93. The smallest absolute Gasteiger partial charge is 0.246 e. The van der Waals surface area contributed by atoms with Gasteiger partial charge in [0, 0.05) is 39.3 Å². The number of nitrogens with one attached hydrogen (secondary N) is 1. The summed E-state index contributed by atoms with van der Waals surface area (Å²) in [7, 11) is 0. The second-order valence-electron chi connectivity index (χ2n) is 7.55. The van der Waals surface area contributed by atoms with Crippen molar-refractivity contribution >= 4 is 5.91 Å². The molecule has 1 aliphatic heterocycles. The largest absolute Gasteiger partial charge is 0.370 e. The minimum absolute atomic E-state index is 0.0796. The van der Waals surface area contributed by atoms with Crippen LogP contribution in [0.2, 0.25) is 0 Å². The summed E-state index contributed by atoms with van der Waals surface area (Å²) >= 11 is 0. The van der Waals surface area contributed by atoms with Crippen LogP contribution in [0.15, 0.2) is 61.2 Å². The number of carbonyl (C=O) groups excluding carboxylic acids is 1. The number of carbonyl (C=O) groups is 1. The van der Waals surface area contributed by atoms with Gasteiger partial charge >= 0.3 is 0 Å². The first-order valence-electron chi connectivity index (χ1n) is 10.3. The zero-order valence-electron chi connectivity index (χ0n) is 17.9. The van der Waals surface area contributed by atoms with E-state index in [1.54, 1.807) is 12.2 Å². The van der Waals surface area contributed by atoms with Gasteiger partial charge in [-0.1, -0.05) is 61.2 Å². The number of hydrogen-bond donors (Lipinski definition) is 1. The molecule has 0 aliphatic carbocycles. The maximum atomic E-state index is 12.0. The van der Waals surface area contributed by atoms with Gasteiger partial charge in [-0.2, -0.15) is 0 Å². The van der Waals surface area contributed by atoms with E-state index in [2.05, 4.69) is 59.5 Å². The van der Waals surface area contributed by atoms with Crippen LogP contribution in [0.4, 0.5) is 0 Å². The number of ether oxygens (including phenoxy) is 1. The second-order valence-corrected chi connectivity index (χ2v) is 7.55. The monoisotopic (exact) mass is 397 g/mol. The van der Waals surface area contributed by atoms with Gasteiger partial charge in [0.25, 0.3) is 0 Å². The van der Waals surface area contributed by atoms with E-state index in [1.165, 1.54) is 11.1 Å². The first-order chi connectivity index (χ1) is 14.0. The molecule has 1 aromatic carbocycles. The third-order valence-corrected chi connectivity index (χ3v) is 5.20. The van der Waals surface area contributed by atoms with E-state index in [4.69, 9.17) is 4.74 Å². The van der Waals surface area contributed by atoms with E-state index in [0.717, 1.165) is 44.8 Å². The molecule has 1 aromatic rings. The zero-order valence-corrected chi connectivity index (χ0v) is 17.9. The van der Waals surface area contributed by atoms with Gasteiger partial charge in [-0.25, -0.2) is 0 Å². The predicted molar refractivity (Wildman–Crippen MR) is 120 cm³/mol. The Morgan fingerprint density at radius 2 is 1.83 bits per heavy atom. The Labute approximate surface area is 175 Å². The molecule has 1 aliphatic rings. The fraction of sp³-hybridized carbons (Fsp3) is 0.458. The number of hydrogen-bond acceptors (Lipinski definition) is 4. The van der Waals surface area contributed by atoms with Crippen molar-refractivity contribution < 1.29 is 9.53 Å². The van der Waals surface area contributed by atoms with E-state index in [-0.39, 0.29) is 18.6 Å². The van der Waals surface area contributed by atoms with Crippen molar-refractivity contribution in [2.45, 2.75) is 26.4 Å². The number of piperazine rings is 1. The molecule has 1 heterocycles. The molecule has 1 N–H and O–H groups in total. The average Bonchev–Trinajstić information content (AvgIpc) is 2.72. The zero-order chi connectivity index (χ0) is 21.1. The highest BCUT2D eigenvalue weighted by Crippen LogP contribution is 2.10. The lowest BCUT2D eigenvalue weighted by molar-refractivity contribution is -0.126. The highest BCUT2D eigenvalue weighted by Gasteiger charge is 2.17. The molecular formula is C24H35N3O2. The molecule has 0 saturated carbocycles. The summed E-state index contributed by atoms with van der Waals surface area (Å²) in [6.45, 7) is 18.2. The standard InChI is InChI=1S/C24H35N3O2/c1-5-7-23(6-2)21(4)25-24(28)19-29-17-16-26-12-14-27(15-13-26)18-22-10-8-20(3)9-11-22/h5-11,21H,1-2,12-19H2,3-4H3,(H,25,28)/b23-7+. The Bertz CT molecular complexity index is 689. The summed E-state index contributed by atoms with van der Waals surface area (Å²) in [6, 6.07) is 8.67. The summed E-state index contributed by atoms with van der Waals surface area (Å²) < 4.78 is 5.57. The van der Waals surface area contributed by atoms with Gasteiger partial charge in [0.05, 0.1) is 12.6 Å². The normalized spacial score (nSPS) is 17.0. The Kier molecular flexibility index (Phi) is 9.84. The Morgan fingerprint density at radius 3 is 2.45 bits per heavy atom. The molecule has 0 aromatic heterocycles. The van der Waals surface area contributed by atoms with Crippen LogP contribution in [0.3, 0.4) is 0 Å². The lowest BCUT2D eigenvalue weighted by Crippen LogP contribution is -2.47. The van der Waals surface area contributed by atoms with Crippen LogP contribution >= 0.6 is 0 Å². The lowest BCUT2D eigenvalue weighted by Gasteiger charge is -2.34. The number of rotatable bonds is 11. The van der Waals surface area contributed by atoms with Gasteiger partial charge in [0.1, 0.15) is 6.61 Å². The summed E-state index contributed by atoms with van der Waals surface area (Å²) in [5.74, 6) is -0.114. The molecule has 1 unspecified atom stereocenters. The molecule has 5 heteroatoms. The molecule has 1 amide bonds. The quantitative estimate of drug-likeness (QED) is 0.461. The van der Waals surface area contributed by atoms with Gasteiger partial charge in [-0.3, -0.25) is 14.6 Å². The van der Waals surface area contributed by atoms with Crippen molar-refractivity contribution in [1.29, 1.82) is 0 Å². The van der Waals surface area contributed by atoms with Gasteiger partial charge < -0.3 is 10.1 Å². The van der Waals surface area contributed by atoms with Gasteiger partial charge in [-0.05, 0) is 25.0 Å². The number of allylic oxidation sites excluding steroid dienone is 2. The summed E-state index contributed by atoms with van der Waals surface area (Å²) in [5.41, 5.74) is 3.60. The molecule has 29 heavy (non-hydrogen) atoms. The molecular weight excluding hydrogens is 362 g/mol. The van der Waals surface area contributed by atoms with Crippen molar-refractivity contribution in [2.24, 2.45) is 0 Å². The second kappa shape index (κ2) is 12.4. The third kappa shape index (κ3) is 8.36. The van der Waals surface area contributed by atoms with Gasteiger partial charge in [0.15, 0.2) is 0 Å². The van der Waals surface area contributed by atoms with E-state index >= 15 is 0 Å². The number of benzene rings is 1. The van der Waals surface area contributed by atoms with Crippen LogP contribution < -0.4 is 5.32 Å². The molecule has 1 atom stereocenters. The molecule has 1 fully saturated rings. The number of nitrogens with zero attached hydrogens (tertiary/aromatic N) is 2. The molecule has 0 spiro atoms. The fourth-order valence-corrected chi connectivity index (χ4v) is 3.37. The highest BCUT2D eigenvalue weighted by atomic mass is 16.5. The number of amides is 1. The maximum absolute atomic E-state index is 12.0. The Hall–Kier alpha value is -2.21. The minimum Gasteiger partial charge on any atom is -0.370 e. The van der Waals surface area contributed by atoms with Crippen LogP contribution in [-0.4, -0.2) is 67.7 Å². The van der Waals surface area contributed by atoms with Crippen LogP contribution in [-0.2, 0) is 16.1 Å². The Morgan fingerprint density at radius 1 is 1.17 bits per heavy atom. The van der Waals surface area contributed by atoms with Crippen LogP contribution in [0, 0.1) is 6.92 Å². The van der Waals surface area contributed by atoms with E-state index < -0.39 is 0 Å². The van der Waals surface area contributed by atoms with Crippen molar-refractivity contribution in [3.63, 3.8) is 0 Å². The molecule has 0 radical (unpaired) electrons. The molecule has 2 rings (SSSR count). The molecule has 1 saturated heterocycles. The van der Waals surface area contributed by atoms with Gasteiger partial charge in [0.2, 0.25) is 5.91 Å². The van der Waals surface area contributed by atoms with Crippen molar-refractivity contribution in [2.75, 3.05) is 45.9 Å². The van der Waals surface area contributed by atoms with E-state index in [1.807, 2.05) is 13.0 Å². The topological polar surface area (TPSA) is 44.8 Å². The van der Waals surface area contributed by atoms with Crippen LogP contribution in [0.25, 0.3) is 0 Å². The number of aryl methyl sites for hydroxylation is 1. The Balaban J connectivity index is 1.59. The lowest BCUT2D eigenvalue weighted by atomic mass is 10.1. The van der Waals surface area contributed by atoms with E-state index in [0.29, 0.717) is 6.61 Å². The van der Waals surface area contributed by atoms with Crippen LogP contribution in [0.5, 0.6) is 0 Å². The minimum atomic E-state index is -0.114. The van der Waals surface area contributed by atoms with Crippen molar-refractivity contribution in [3.8, 4) is 0 Å². The SMILES string of the molecule is C=C/C=C(\C=C)C(C)NC(=O)COCCN1CCN(Cc2ccc(C)cc2)CC1. The summed E-state index contributed by atoms with van der Waals surface area (Å²) in [6.07, 6.45) is 5.26. The first kappa shape index (κ1) is 23.1. The molecule has 158 valence electrons. The maximum Gasteiger partial charge on any atom is 0.246 e. The van der Waals surface area contributed by atoms with Crippen molar-refractivity contribution in [3.05, 3.63) is 72.4 Å². The van der Waals surface area contributed by atoms with Crippen LogP contribution in [0.1, 0.15) is 18.1 Å². The summed E-state index contributed by atoms with van der Waals surface area (Å²) in [5, 5.41) is 2.92. The fourth-order valence-electron chi connectivity index (χ4n) is 3.37. The highest BCUT2D eigenvalue weighted by molar-refractivity contribution is 5.78. The van der Waals surface area contributed by atoms with Gasteiger partial charge in [-0.15, -0.1) is 0 Å². The van der Waals surface area contributed by atoms with E-state index in [9.17, 15) is 4.79 Å². The summed E-state index contributed by atoms with van der Waals surface area (Å²) in [4.78, 5) is 16.9. The van der Waals surface area contributed by atoms with Crippen molar-refractivity contribution in [1.82, 2.24) is 15.1 Å². The average molecular weight is 398 g/mol.